The number of hydrazine groups is 1. The van der Waals surface area contributed by atoms with Crippen LogP contribution >= 0.6 is 0 Å². The van der Waals surface area contributed by atoms with Crippen molar-refractivity contribution in [3.05, 3.63) is 29.8 Å². The molecule has 5 heteroatoms. The largest absolute Gasteiger partial charge is 0.497 e. The Morgan fingerprint density at radius 1 is 1.41 bits per heavy atom. The highest BCUT2D eigenvalue weighted by atomic mass is 16.5. The molecule has 0 radical (unpaired) electrons. The average molecular weight is 235 g/mol. The lowest BCUT2D eigenvalue weighted by molar-refractivity contribution is 0.0572. The first-order chi connectivity index (χ1) is 8.24. The maximum Gasteiger partial charge on any atom is 0.118 e. The maximum absolute atomic E-state index is 9.18. The van der Waals surface area contributed by atoms with Crippen LogP contribution in [0.2, 0.25) is 0 Å². The molecule has 1 aromatic carbocycles. The van der Waals surface area contributed by atoms with Gasteiger partial charge in [0, 0.05) is 0 Å². The van der Waals surface area contributed by atoms with Crippen LogP contribution in [0.25, 0.3) is 0 Å². The third kappa shape index (κ3) is 2.57. The minimum atomic E-state index is -0.0539. The van der Waals surface area contributed by atoms with Gasteiger partial charge >= 0.3 is 0 Å². The van der Waals surface area contributed by atoms with Gasteiger partial charge in [0.2, 0.25) is 0 Å². The number of hydrogen-bond donors (Lipinski definition) is 2. The van der Waals surface area contributed by atoms with E-state index in [0.717, 1.165) is 17.9 Å². The van der Waals surface area contributed by atoms with Crippen molar-refractivity contribution in [1.29, 1.82) is 0 Å². The van der Waals surface area contributed by atoms with Gasteiger partial charge in [0.05, 0.1) is 18.9 Å². The Morgan fingerprint density at radius 3 is 2.71 bits per heavy atom. The number of aliphatic hydroxyl groups is 1. The van der Waals surface area contributed by atoms with Crippen molar-refractivity contribution in [2.45, 2.75) is 19.4 Å². The Bertz CT molecular complexity index is 403. The molecule has 92 valence electrons. The number of hydrogen-bond acceptors (Lipinski definition) is 5. The van der Waals surface area contributed by atoms with Crippen molar-refractivity contribution < 1.29 is 9.84 Å². The molecule has 0 amide bonds. The molecule has 0 bridgehead atoms. The van der Waals surface area contributed by atoms with Gasteiger partial charge in [-0.2, -0.15) is 10.1 Å². The summed E-state index contributed by atoms with van der Waals surface area (Å²) in [6.45, 7) is 1.90. The number of methoxy groups -OCH3 is 1. The van der Waals surface area contributed by atoms with E-state index in [4.69, 9.17) is 4.74 Å². The lowest BCUT2D eigenvalue weighted by Gasteiger charge is -2.21. The fraction of sp³-hybridized carbons (Fsp3) is 0.417. The van der Waals surface area contributed by atoms with Crippen LogP contribution in [0.15, 0.2) is 29.4 Å². The Kier molecular flexibility index (Phi) is 3.61. The zero-order valence-corrected chi connectivity index (χ0v) is 10.1. The fourth-order valence-corrected chi connectivity index (χ4v) is 1.89. The first-order valence-electron chi connectivity index (χ1n) is 5.55. The summed E-state index contributed by atoms with van der Waals surface area (Å²) in [6.07, 6.45) is 0.812. The van der Waals surface area contributed by atoms with E-state index in [0.29, 0.717) is 0 Å². The first kappa shape index (κ1) is 11.9. The summed E-state index contributed by atoms with van der Waals surface area (Å²) >= 11 is 0. The first-order valence-corrected chi connectivity index (χ1v) is 5.55. The van der Waals surface area contributed by atoms with E-state index in [9.17, 15) is 5.11 Å². The van der Waals surface area contributed by atoms with E-state index < -0.39 is 0 Å². The number of rotatable bonds is 4. The van der Waals surface area contributed by atoms with Gasteiger partial charge in [-0.25, -0.2) is 5.53 Å². The second-order valence-corrected chi connectivity index (χ2v) is 4.03. The number of nitrogens with zero attached hydrogens (tertiary/aromatic N) is 2. The zero-order valence-electron chi connectivity index (χ0n) is 10.1. The summed E-state index contributed by atoms with van der Waals surface area (Å²) in [4.78, 5) is 0. The van der Waals surface area contributed by atoms with Crippen molar-refractivity contribution in [2.75, 3.05) is 13.8 Å². The number of benzene rings is 1. The zero-order chi connectivity index (χ0) is 12.3. The Balaban J connectivity index is 2.06. The molecule has 2 rings (SSSR count). The van der Waals surface area contributed by atoms with E-state index in [1.807, 2.05) is 31.2 Å². The minimum Gasteiger partial charge on any atom is -0.497 e. The molecule has 1 aromatic rings. The molecule has 1 unspecified atom stereocenters. The molecular formula is C12H17N3O2. The molecule has 1 aliphatic rings. The quantitative estimate of drug-likeness (QED) is 0.808. The van der Waals surface area contributed by atoms with Gasteiger partial charge in [0.1, 0.15) is 12.5 Å². The van der Waals surface area contributed by atoms with Gasteiger partial charge in [-0.3, -0.25) is 0 Å². The predicted molar refractivity (Wildman–Crippen MR) is 65.7 cm³/mol. The smallest absolute Gasteiger partial charge is 0.118 e. The van der Waals surface area contributed by atoms with Crippen LogP contribution < -0.4 is 10.3 Å². The van der Waals surface area contributed by atoms with Crippen LogP contribution in [0.5, 0.6) is 5.75 Å². The third-order valence-electron chi connectivity index (χ3n) is 2.95. The monoisotopic (exact) mass is 235 g/mol. The van der Waals surface area contributed by atoms with E-state index in [-0.39, 0.29) is 12.8 Å². The molecule has 5 nitrogen and oxygen atoms in total. The van der Waals surface area contributed by atoms with E-state index >= 15 is 0 Å². The second-order valence-electron chi connectivity index (χ2n) is 4.03. The highest BCUT2D eigenvalue weighted by molar-refractivity contribution is 5.88. The van der Waals surface area contributed by atoms with Crippen molar-refractivity contribution in [3.63, 3.8) is 0 Å². The average Bonchev–Trinajstić information content (AvgIpc) is 2.71. The van der Waals surface area contributed by atoms with Crippen LogP contribution in [0, 0.1) is 0 Å². The molecule has 1 atom stereocenters. The molecule has 1 aliphatic heterocycles. The van der Waals surface area contributed by atoms with Gasteiger partial charge in [0.15, 0.2) is 0 Å². The van der Waals surface area contributed by atoms with Crippen LogP contribution in [-0.4, -0.2) is 35.7 Å². The summed E-state index contributed by atoms with van der Waals surface area (Å²) in [5.74, 6) is 0.850. The van der Waals surface area contributed by atoms with Gasteiger partial charge in [-0.15, -0.1) is 0 Å². The molecular weight excluding hydrogens is 218 g/mol. The molecule has 2 N–H and O–H groups in total. The standard InChI is InChI=1S/C12H17N3O2/c1-9-12(15(8-16)14-13-9)7-10-3-5-11(17-2)6-4-10/h3-6,12,14,16H,7-8H2,1-2H3. The number of hydrazone groups is 1. The van der Waals surface area contributed by atoms with Gasteiger partial charge in [-0.05, 0) is 31.0 Å². The van der Waals surface area contributed by atoms with Crippen LogP contribution in [0.3, 0.4) is 0 Å². The van der Waals surface area contributed by atoms with E-state index in [1.165, 1.54) is 5.56 Å². The number of aliphatic hydroxyl groups excluding tert-OH is 1. The predicted octanol–water partition coefficient (Wildman–Crippen LogP) is 0.752. The lowest BCUT2D eigenvalue weighted by atomic mass is 10.0. The van der Waals surface area contributed by atoms with Crippen molar-refractivity contribution in [1.82, 2.24) is 10.5 Å². The van der Waals surface area contributed by atoms with Crippen LogP contribution in [0.4, 0.5) is 0 Å². The van der Waals surface area contributed by atoms with Gasteiger partial charge in [-0.1, -0.05) is 12.1 Å². The summed E-state index contributed by atoms with van der Waals surface area (Å²) < 4.78 is 5.12. The Hall–Kier alpha value is -1.59. The number of nitrogens with one attached hydrogen (secondary N) is 1. The SMILES string of the molecule is COc1ccc(CC2C(C)=NNN2CO)cc1. The maximum atomic E-state index is 9.18. The third-order valence-corrected chi connectivity index (χ3v) is 2.95. The fourth-order valence-electron chi connectivity index (χ4n) is 1.89. The molecule has 17 heavy (non-hydrogen) atoms. The number of ether oxygens (including phenoxy) is 1. The van der Waals surface area contributed by atoms with Crippen LogP contribution in [0.1, 0.15) is 12.5 Å². The molecule has 0 saturated heterocycles. The Morgan fingerprint density at radius 2 is 2.12 bits per heavy atom. The molecule has 0 spiro atoms. The topological polar surface area (TPSA) is 57.1 Å². The summed E-state index contributed by atoms with van der Waals surface area (Å²) in [5.41, 5.74) is 4.96. The van der Waals surface area contributed by atoms with Crippen molar-refractivity contribution in [3.8, 4) is 5.75 Å². The molecule has 0 aromatic heterocycles. The van der Waals surface area contributed by atoms with Gasteiger partial charge in [0.25, 0.3) is 0 Å². The Labute approximate surface area is 101 Å². The van der Waals surface area contributed by atoms with Gasteiger partial charge < -0.3 is 9.84 Å². The summed E-state index contributed by atoms with van der Waals surface area (Å²) in [6, 6.07) is 8.04. The van der Waals surface area contributed by atoms with E-state index in [1.54, 1.807) is 12.1 Å². The second kappa shape index (κ2) is 5.16. The molecule has 1 heterocycles. The molecule has 0 saturated carbocycles. The van der Waals surface area contributed by atoms with Crippen molar-refractivity contribution >= 4 is 5.71 Å². The minimum absolute atomic E-state index is 0.0539. The van der Waals surface area contributed by atoms with E-state index in [2.05, 4.69) is 10.6 Å². The molecule has 0 aliphatic carbocycles. The van der Waals surface area contributed by atoms with Crippen molar-refractivity contribution in [2.24, 2.45) is 5.10 Å². The lowest BCUT2D eigenvalue weighted by Crippen LogP contribution is -2.42. The molecule has 0 fully saturated rings. The summed E-state index contributed by atoms with van der Waals surface area (Å²) in [7, 11) is 1.65. The summed E-state index contributed by atoms with van der Waals surface area (Å²) in [5, 5.41) is 15.0. The highest BCUT2D eigenvalue weighted by Crippen LogP contribution is 2.16. The normalized spacial score (nSPS) is 19.9. The highest BCUT2D eigenvalue weighted by Gasteiger charge is 2.25. The van der Waals surface area contributed by atoms with Crippen LogP contribution in [-0.2, 0) is 6.42 Å².